The molecule has 0 atom stereocenters. The number of guanidine groups is 1. The Morgan fingerprint density at radius 2 is 1.92 bits per heavy atom. The lowest BCUT2D eigenvalue weighted by molar-refractivity contribution is 0.216. The van der Waals surface area contributed by atoms with Gasteiger partial charge in [0.1, 0.15) is 0 Å². The molecule has 6 nitrogen and oxygen atoms in total. The minimum atomic E-state index is -0.125. The third-order valence-corrected chi connectivity index (χ3v) is 4.43. The summed E-state index contributed by atoms with van der Waals surface area (Å²) in [5.74, 6) is 2.12. The fourth-order valence-corrected chi connectivity index (χ4v) is 2.72. The van der Waals surface area contributed by atoms with Gasteiger partial charge in [0.2, 0.25) is 5.89 Å². The molecule has 2 N–H and O–H groups in total. The average Bonchev–Trinajstić information content (AvgIpc) is 2.94. The van der Waals surface area contributed by atoms with Gasteiger partial charge in [-0.2, -0.15) is 4.98 Å². The van der Waals surface area contributed by atoms with Crippen LogP contribution in [0.25, 0.3) is 0 Å². The number of nitrogens with zero attached hydrogens (tertiary/aromatic N) is 3. The molecule has 1 aliphatic rings. The molecule has 7 heteroatoms. The highest BCUT2D eigenvalue weighted by Crippen LogP contribution is 2.34. The van der Waals surface area contributed by atoms with Gasteiger partial charge in [0.15, 0.2) is 11.8 Å². The highest BCUT2D eigenvalue weighted by atomic mass is 127. The van der Waals surface area contributed by atoms with Crippen molar-refractivity contribution >= 4 is 29.9 Å². The van der Waals surface area contributed by atoms with E-state index in [2.05, 4.69) is 60.4 Å². The van der Waals surface area contributed by atoms with Gasteiger partial charge in [-0.1, -0.05) is 39.8 Å². The summed E-state index contributed by atoms with van der Waals surface area (Å²) in [6.45, 7) is 11.4. The summed E-state index contributed by atoms with van der Waals surface area (Å²) in [5, 5.41) is 10.8. The van der Waals surface area contributed by atoms with E-state index in [1.165, 1.54) is 25.7 Å². The number of hydrogen-bond donors (Lipinski definition) is 2. The van der Waals surface area contributed by atoms with E-state index in [9.17, 15) is 0 Å². The number of aromatic nitrogens is 2. The second-order valence-electron chi connectivity index (χ2n) is 8.27. The zero-order chi connectivity index (χ0) is 17.1. The lowest BCUT2D eigenvalue weighted by Gasteiger charge is -2.35. The van der Waals surface area contributed by atoms with Crippen LogP contribution in [-0.2, 0) is 12.0 Å². The van der Waals surface area contributed by atoms with Crippen LogP contribution < -0.4 is 10.6 Å². The van der Waals surface area contributed by atoms with Crippen molar-refractivity contribution in [1.29, 1.82) is 0 Å². The number of aliphatic imine (C=N–C) groups is 1. The molecule has 0 saturated heterocycles. The van der Waals surface area contributed by atoms with Crippen LogP contribution in [0.4, 0.5) is 0 Å². The molecular weight excluding hydrogens is 417 g/mol. The molecule has 24 heavy (non-hydrogen) atoms. The predicted octanol–water partition coefficient (Wildman–Crippen LogP) is 3.62. The molecule has 1 aromatic rings. The molecule has 0 bridgehead atoms. The zero-order valence-corrected chi connectivity index (χ0v) is 18.1. The van der Waals surface area contributed by atoms with Gasteiger partial charge in [0.25, 0.3) is 0 Å². The maximum atomic E-state index is 5.31. The molecule has 2 rings (SSSR count). The van der Waals surface area contributed by atoms with Gasteiger partial charge in [-0.3, -0.25) is 4.99 Å². The molecule has 1 fully saturated rings. The van der Waals surface area contributed by atoms with E-state index in [-0.39, 0.29) is 29.4 Å². The van der Waals surface area contributed by atoms with E-state index in [1.807, 2.05) is 0 Å². The van der Waals surface area contributed by atoms with Crippen LogP contribution in [0.5, 0.6) is 0 Å². The smallest absolute Gasteiger partial charge is 0.232 e. The van der Waals surface area contributed by atoms with Crippen molar-refractivity contribution < 1.29 is 4.52 Å². The Labute approximate surface area is 162 Å². The second-order valence-corrected chi connectivity index (χ2v) is 8.27. The first-order valence-corrected chi connectivity index (χ1v) is 8.50. The lowest BCUT2D eigenvalue weighted by Crippen LogP contribution is -2.45. The van der Waals surface area contributed by atoms with Gasteiger partial charge in [-0.05, 0) is 31.1 Å². The Kier molecular flexibility index (Phi) is 7.49. The standard InChI is InChI=1S/C17H31N5O.HI/c1-16(2,3)14-21-13(22-23-14)11-19-15(18-6)20-12-7-9-17(4,5)10-8-12;/h12H,7-11H2,1-6H3,(H2,18,19,20);1H. The monoisotopic (exact) mass is 449 g/mol. The summed E-state index contributed by atoms with van der Waals surface area (Å²) in [7, 11) is 1.79. The van der Waals surface area contributed by atoms with Gasteiger partial charge < -0.3 is 15.2 Å². The minimum Gasteiger partial charge on any atom is -0.354 e. The van der Waals surface area contributed by atoms with Crippen LogP contribution >= 0.6 is 24.0 Å². The van der Waals surface area contributed by atoms with Crippen LogP contribution in [-0.4, -0.2) is 29.2 Å². The highest BCUT2D eigenvalue weighted by Gasteiger charge is 2.27. The summed E-state index contributed by atoms with van der Waals surface area (Å²) < 4.78 is 5.31. The van der Waals surface area contributed by atoms with E-state index in [4.69, 9.17) is 4.52 Å². The van der Waals surface area contributed by atoms with Crippen LogP contribution in [0.15, 0.2) is 9.52 Å². The Morgan fingerprint density at radius 1 is 1.29 bits per heavy atom. The molecule has 1 aliphatic carbocycles. The van der Waals surface area contributed by atoms with Crippen LogP contribution in [0, 0.1) is 5.41 Å². The average molecular weight is 449 g/mol. The van der Waals surface area contributed by atoms with Gasteiger partial charge >= 0.3 is 0 Å². The van der Waals surface area contributed by atoms with E-state index in [1.54, 1.807) is 7.05 Å². The molecule has 1 heterocycles. The summed E-state index contributed by atoms with van der Waals surface area (Å²) in [5.41, 5.74) is 0.350. The van der Waals surface area contributed by atoms with Crippen molar-refractivity contribution in [3.63, 3.8) is 0 Å². The van der Waals surface area contributed by atoms with Crippen LogP contribution in [0.1, 0.15) is 72.0 Å². The van der Waals surface area contributed by atoms with Gasteiger partial charge in [0.05, 0.1) is 6.54 Å². The molecule has 0 radical (unpaired) electrons. The first kappa shape index (κ1) is 21.2. The normalized spacial score (nSPS) is 18.8. The Balaban J connectivity index is 0.00000288. The maximum Gasteiger partial charge on any atom is 0.232 e. The fraction of sp³-hybridized carbons (Fsp3) is 0.824. The Bertz CT molecular complexity index is 537. The summed E-state index contributed by atoms with van der Waals surface area (Å²) in [4.78, 5) is 8.73. The molecule has 0 amide bonds. The Morgan fingerprint density at radius 3 is 2.42 bits per heavy atom. The van der Waals surface area contributed by atoms with Crippen molar-refractivity contribution in [3.05, 3.63) is 11.7 Å². The van der Waals surface area contributed by atoms with Crippen molar-refractivity contribution in [2.75, 3.05) is 7.05 Å². The summed E-state index contributed by atoms with van der Waals surface area (Å²) >= 11 is 0. The van der Waals surface area contributed by atoms with Crippen LogP contribution in [0.3, 0.4) is 0 Å². The van der Waals surface area contributed by atoms with E-state index in [0.717, 1.165) is 5.96 Å². The lowest BCUT2D eigenvalue weighted by atomic mass is 9.75. The van der Waals surface area contributed by atoms with Crippen molar-refractivity contribution in [2.45, 2.75) is 78.3 Å². The van der Waals surface area contributed by atoms with Gasteiger partial charge in [0, 0.05) is 18.5 Å². The van der Waals surface area contributed by atoms with Gasteiger partial charge in [-0.25, -0.2) is 0 Å². The minimum absolute atomic E-state index is 0. The fourth-order valence-electron chi connectivity index (χ4n) is 2.72. The Hall–Kier alpha value is -0.860. The number of rotatable bonds is 3. The third-order valence-electron chi connectivity index (χ3n) is 4.43. The van der Waals surface area contributed by atoms with Gasteiger partial charge in [-0.15, -0.1) is 24.0 Å². The largest absolute Gasteiger partial charge is 0.354 e. The first-order valence-electron chi connectivity index (χ1n) is 8.50. The zero-order valence-electron chi connectivity index (χ0n) is 15.8. The van der Waals surface area contributed by atoms with E-state index >= 15 is 0 Å². The quantitative estimate of drug-likeness (QED) is 0.419. The molecule has 1 aromatic heterocycles. The van der Waals surface area contributed by atoms with Crippen molar-refractivity contribution in [3.8, 4) is 0 Å². The molecule has 1 saturated carbocycles. The maximum absolute atomic E-state index is 5.31. The first-order chi connectivity index (χ1) is 10.7. The molecule has 0 spiro atoms. The van der Waals surface area contributed by atoms with Crippen molar-refractivity contribution in [1.82, 2.24) is 20.8 Å². The number of hydrogen-bond acceptors (Lipinski definition) is 4. The third kappa shape index (κ3) is 6.22. The number of nitrogens with one attached hydrogen (secondary N) is 2. The van der Waals surface area contributed by atoms with Crippen LogP contribution in [0.2, 0.25) is 0 Å². The number of halogens is 1. The molecule has 138 valence electrons. The summed E-state index contributed by atoms with van der Waals surface area (Å²) in [6, 6.07) is 0.490. The summed E-state index contributed by atoms with van der Waals surface area (Å²) in [6.07, 6.45) is 4.87. The predicted molar refractivity (Wildman–Crippen MR) is 108 cm³/mol. The molecule has 0 unspecified atom stereocenters. The topological polar surface area (TPSA) is 75.3 Å². The highest BCUT2D eigenvalue weighted by molar-refractivity contribution is 14.0. The van der Waals surface area contributed by atoms with Crippen molar-refractivity contribution in [2.24, 2.45) is 10.4 Å². The SMILES string of the molecule is CN=C(NCc1noc(C(C)(C)C)n1)NC1CCC(C)(C)CC1.I. The molecule has 0 aliphatic heterocycles. The molecular formula is C17H32IN5O. The van der Waals surface area contributed by atoms with E-state index in [0.29, 0.717) is 29.7 Å². The second kappa shape index (κ2) is 8.49. The molecule has 0 aromatic carbocycles. The van der Waals surface area contributed by atoms with E-state index < -0.39 is 0 Å².